The number of piperidine rings is 1. The van der Waals surface area contributed by atoms with Crippen molar-refractivity contribution in [2.24, 2.45) is 5.92 Å². The van der Waals surface area contributed by atoms with Crippen molar-refractivity contribution in [3.8, 4) is 11.4 Å². The van der Waals surface area contributed by atoms with Crippen LogP contribution in [0.1, 0.15) is 29.3 Å². The van der Waals surface area contributed by atoms with Crippen molar-refractivity contribution in [1.82, 2.24) is 15.0 Å². The highest BCUT2D eigenvalue weighted by atomic mass is 19.1. The van der Waals surface area contributed by atoms with Crippen molar-refractivity contribution in [2.45, 2.75) is 19.3 Å². The van der Waals surface area contributed by atoms with Gasteiger partial charge in [-0.05, 0) is 43.0 Å². The van der Waals surface area contributed by atoms with Crippen molar-refractivity contribution >= 4 is 5.91 Å². The van der Waals surface area contributed by atoms with Gasteiger partial charge in [-0.15, -0.1) is 0 Å². The predicted molar refractivity (Wildman–Crippen MR) is 90.7 cm³/mol. The first-order chi connectivity index (χ1) is 12.7. The molecule has 6 nitrogen and oxygen atoms in total. The molecule has 1 aliphatic rings. The molecule has 0 N–H and O–H groups in total. The Morgan fingerprint density at radius 3 is 2.96 bits per heavy atom. The van der Waals surface area contributed by atoms with Crippen LogP contribution in [0.15, 0.2) is 51.6 Å². The van der Waals surface area contributed by atoms with Crippen LogP contribution in [-0.2, 0) is 6.42 Å². The Bertz CT molecular complexity index is 891. The molecule has 7 heteroatoms. The molecule has 134 valence electrons. The number of carbonyl (C=O) groups excluding carboxylic acids is 1. The second-order valence-corrected chi connectivity index (χ2v) is 6.43. The lowest BCUT2D eigenvalue weighted by Gasteiger charge is -2.31. The van der Waals surface area contributed by atoms with E-state index in [1.807, 2.05) is 0 Å². The number of hydrogen-bond donors (Lipinski definition) is 0. The monoisotopic (exact) mass is 355 g/mol. The maximum absolute atomic E-state index is 13.8. The molecule has 1 saturated heterocycles. The first-order valence-electron chi connectivity index (χ1n) is 8.61. The predicted octanol–water partition coefficient (Wildman–Crippen LogP) is 3.56. The van der Waals surface area contributed by atoms with Crippen molar-refractivity contribution in [3.63, 3.8) is 0 Å². The zero-order valence-corrected chi connectivity index (χ0v) is 14.1. The Labute approximate surface area is 149 Å². The molecule has 2 aromatic heterocycles. The topological polar surface area (TPSA) is 72.4 Å². The third-order valence-corrected chi connectivity index (χ3v) is 4.58. The minimum atomic E-state index is -0.382. The van der Waals surface area contributed by atoms with E-state index in [0.29, 0.717) is 36.7 Å². The Morgan fingerprint density at radius 1 is 1.27 bits per heavy atom. The largest absolute Gasteiger partial charge is 0.459 e. The summed E-state index contributed by atoms with van der Waals surface area (Å²) < 4.78 is 24.3. The van der Waals surface area contributed by atoms with Gasteiger partial charge in [-0.1, -0.05) is 17.3 Å². The molecule has 3 heterocycles. The van der Waals surface area contributed by atoms with Gasteiger partial charge < -0.3 is 13.8 Å². The van der Waals surface area contributed by atoms with E-state index in [4.69, 9.17) is 8.94 Å². The van der Waals surface area contributed by atoms with Gasteiger partial charge in [-0.3, -0.25) is 4.79 Å². The number of benzene rings is 1. The van der Waals surface area contributed by atoms with Gasteiger partial charge in [0.2, 0.25) is 11.7 Å². The lowest BCUT2D eigenvalue weighted by Crippen LogP contribution is -2.40. The third-order valence-electron chi connectivity index (χ3n) is 4.58. The molecule has 1 unspecified atom stereocenters. The van der Waals surface area contributed by atoms with Crippen LogP contribution in [0.5, 0.6) is 0 Å². The van der Waals surface area contributed by atoms with Crippen LogP contribution < -0.4 is 0 Å². The van der Waals surface area contributed by atoms with E-state index in [9.17, 15) is 9.18 Å². The molecule has 0 spiro atoms. The molecule has 26 heavy (non-hydrogen) atoms. The molecule has 1 atom stereocenters. The summed E-state index contributed by atoms with van der Waals surface area (Å²) in [5, 5.41) is 3.89. The zero-order valence-electron chi connectivity index (χ0n) is 14.1. The summed E-state index contributed by atoms with van der Waals surface area (Å²) in [4.78, 5) is 18.5. The van der Waals surface area contributed by atoms with E-state index in [2.05, 4.69) is 10.1 Å². The van der Waals surface area contributed by atoms with Gasteiger partial charge in [-0.25, -0.2) is 4.39 Å². The normalized spacial score (nSPS) is 17.4. The molecule has 3 aromatic rings. The number of hydrogen-bond acceptors (Lipinski definition) is 5. The molecule has 0 saturated carbocycles. The van der Waals surface area contributed by atoms with Crippen LogP contribution in [-0.4, -0.2) is 34.0 Å². The fourth-order valence-corrected chi connectivity index (χ4v) is 3.31. The lowest BCUT2D eigenvalue weighted by molar-refractivity contribution is 0.0636. The number of amides is 1. The molecule has 1 fully saturated rings. The summed E-state index contributed by atoms with van der Waals surface area (Å²) in [5.74, 6) is 0.796. The van der Waals surface area contributed by atoms with Gasteiger partial charge in [0.05, 0.1) is 11.8 Å². The summed E-state index contributed by atoms with van der Waals surface area (Å²) in [6.07, 6.45) is 3.94. The van der Waals surface area contributed by atoms with Gasteiger partial charge in [0.15, 0.2) is 5.76 Å². The molecule has 0 radical (unpaired) electrons. The van der Waals surface area contributed by atoms with E-state index >= 15 is 0 Å². The summed E-state index contributed by atoms with van der Waals surface area (Å²) >= 11 is 0. The maximum atomic E-state index is 13.8. The number of carbonyl (C=O) groups is 1. The van der Waals surface area contributed by atoms with Crippen molar-refractivity contribution in [2.75, 3.05) is 13.1 Å². The smallest absolute Gasteiger partial charge is 0.289 e. The van der Waals surface area contributed by atoms with E-state index < -0.39 is 0 Å². The minimum Gasteiger partial charge on any atom is -0.459 e. The Kier molecular flexibility index (Phi) is 4.51. The summed E-state index contributed by atoms with van der Waals surface area (Å²) in [6.45, 7) is 1.32. The van der Waals surface area contributed by atoms with Gasteiger partial charge in [0.25, 0.3) is 5.91 Å². The second kappa shape index (κ2) is 7.11. The van der Waals surface area contributed by atoms with Crippen LogP contribution in [0.4, 0.5) is 4.39 Å². The van der Waals surface area contributed by atoms with E-state index in [1.54, 1.807) is 35.2 Å². The van der Waals surface area contributed by atoms with Gasteiger partial charge in [-0.2, -0.15) is 4.98 Å². The highest BCUT2D eigenvalue weighted by molar-refractivity contribution is 5.91. The highest BCUT2D eigenvalue weighted by Gasteiger charge is 2.27. The van der Waals surface area contributed by atoms with Crippen LogP contribution in [0.2, 0.25) is 0 Å². The fourth-order valence-electron chi connectivity index (χ4n) is 3.31. The molecule has 0 aliphatic carbocycles. The first-order valence-corrected chi connectivity index (χ1v) is 8.61. The number of nitrogens with zero attached hydrogens (tertiary/aromatic N) is 3. The van der Waals surface area contributed by atoms with Gasteiger partial charge >= 0.3 is 0 Å². The SMILES string of the molecule is O=C(c1ccco1)N1CCCC(Cc2nc(-c3ccccc3F)no2)C1. The van der Waals surface area contributed by atoms with Crippen molar-refractivity contribution in [3.05, 3.63) is 60.1 Å². The average molecular weight is 355 g/mol. The quantitative estimate of drug-likeness (QED) is 0.715. The Hall–Kier alpha value is -2.96. The Balaban J connectivity index is 1.43. The molecule has 4 rings (SSSR count). The van der Waals surface area contributed by atoms with E-state index in [0.717, 1.165) is 12.8 Å². The second-order valence-electron chi connectivity index (χ2n) is 6.43. The Morgan fingerprint density at radius 2 is 2.15 bits per heavy atom. The number of aromatic nitrogens is 2. The number of halogens is 1. The van der Waals surface area contributed by atoms with E-state index in [1.165, 1.54) is 12.3 Å². The molecular formula is C19H18FN3O3. The zero-order chi connectivity index (χ0) is 17.9. The van der Waals surface area contributed by atoms with Gasteiger partial charge in [0, 0.05) is 19.5 Å². The van der Waals surface area contributed by atoms with Gasteiger partial charge in [0.1, 0.15) is 5.82 Å². The van der Waals surface area contributed by atoms with Crippen molar-refractivity contribution < 1.29 is 18.1 Å². The number of furan rings is 1. The van der Waals surface area contributed by atoms with Crippen LogP contribution in [0.3, 0.4) is 0 Å². The average Bonchev–Trinajstić information content (AvgIpc) is 3.34. The molecule has 1 aliphatic heterocycles. The molecule has 1 aromatic carbocycles. The summed E-state index contributed by atoms with van der Waals surface area (Å²) in [5.41, 5.74) is 0.320. The van der Waals surface area contributed by atoms with Crippen molar-refractivity contribution in [1.29, 1.82) is 0 Å². The maximum Gasteiger partial charge on any atom is 0.289 e. The summed E-state index contributed by atoms with van der Waals surface area (Å²) in [7, 11) is 0. The standard InChI is InChI=1S/C19H18FN3O3/c20-15-7-2-1-6-14(15)18-21-17(26-22-18)11-13-5-3-9-23(12-13)19(24)16-8-4-10-25-16/h1-2,4,6-8,10,13H,3,5,9,11-12H2. The van der Waals surface area contributed by atoms with Crippen LogP contribution in [0.25, 0.3) is 11.4 Å². The first kappa shape index (κ1) is 16.5. The lowest BCUT2D eigenvalue weighted by atomic mass is 9.94. The van der Waals surface area contributed by atoms with Crippen LogP contribution >= 0.6 is 0 Å². The molecule has 0 bridgehead atoms. The summed E-state index contributed by atoms with van der Waals surface area (Å²) in [6, 6.07) is 9.71. The highest BCUT2D eigenvalue weighted by Crippen LogP contribution is 2.24. The third kappa shape index (κ3) is 3.37. The van der Waals surface area contributed by atoms with Crippen LogP contribution in [0, 0.1) is 11.7 Å². The molecular weight excluding hydrogens is 337 g/mol. The number of rotatable bonds is 4. The fraction of sp³-hybridized carbons (Fsp3) is 0.316. The molecule has 1 amide bonds. The van der Waals surface area contributed by atoms with E-state index in [-0.39, 0.29) is 23.5 Å². The number of likely N-dealkylation sites (tertiary alicyclic amines) is 1. The minimum absolute atomic E-state index is 0.0997.